The fourth-order valence-electron chi connectivity index (χ4n) is 0.740. The van der Waals surface area contributed by atoms with Crippen molar-refractivity contribution in [2.75, 3.05) is 0 Å². The molecule has 1 heterocycles. The molecule has 0 aliphatic heterocycles. The summed E-state index contributed by atoms with van der Waals surface area (Å²) in [5.41, 5.74) is -0.180. The molecule has 0 aliphatic carbocycles. The molecule has 5 heteroatoms. The molecule has 5 nitrogen and oxygen atoms in total. The first-order valence-electron chi connectivity index (χ1n) is 4.15. The lowest BCUT2D eigenvalue weighted by molar-refractivity contribution is 0.305. The predicted octanol–water partition coefficient (Wildman–Crippen LogP) is 1.06. The van der Waals surface area contributed by atoms with E-state index < -0.39 is 0 Å². The van der Waals surface area contributed by atoms with E-state index in [1.165, 1.54) is 4.80 Å². The van der Waals surface area contributed by atoms with Gasteiger partial charge in [-0.05, 0) is 32.9 Å². The predicted molar refractivity (Wildman–Crippen MR) is 46.8 cm³/mol. The highest BCUT2D eigenvalue weighted by Gasteiger charge is 2.18. The lowest BCUT2D eigenvalue weighted by Gasteiger charge is -2.15. The molecule has 1 rings (SSSR count). The van der Waals surface area contributed by atoms with Crippen LogP contribution in [0.1, 0.15) is 39.4 Å². The van der Waals surface area contributed by atoms with Crippen molar-refractivity contribution in [3.63, 3.8) is 0 Å². The van der Waals surface area contributed by atoms with Crippen LogP contribution < -0.4 is 0 Å². The molecule has 0 fully saturated rings. The SMILES string of the molecule is CC(C#N)c1nnn(C(C)(C)C)n1. The summed E-state index contributed by atoms with van der Waals surface area (Å²) in [6.45, 7) is 7.70. The number of nitriles is 1. The summed E-state index contributed by atoms with van der Waals surface area (Å²) in [7, 11) is 0. The van der Waals surface area contributed by atoms with Crippen LogP contribution in [-0.2, 0) is 5.54 Å². The lowest BCUT2D eigenvalue weighted by Crippen LogP contribution is -2.24. The number of hydrogen-bond acceptors (Lipinski definition) is 4. The largest absolute Gasteiger partial charge is 0.198 e. The van der Waals surface area contributed by atoms with Crippen LogP contribution in [0.3, 0.4) is 0 Å². The highest BCUT2D eigenvalue weighted by Crippen LogP contribution is 2.12. The standard InChI is InChI=1S/C8H13N5/c1-6(5-9)7-10-12-13(11-7)8(2,3)4/h6H,1-4H3. The average molecular weight is 179 g/mol. The third-order valence-electron chi connectivity index (χ3n) is 1.61. The zero-order valence-electron chi connectivity index (χ0n) is 8.31. The Hall–Kier alpha value is -1.44. The van der Waals surface area contributed by atoms with E-state index >= 15 is 0 Å². The first-order valence-corrected chi connectivity index (χ1v) is 4.15. The van der Waals surface area contributed by atoms with E-state index in [-0.39, 0.29) is 11.5 Å². The van der Waals surface area contributed by atoms with Gasteiger partial charge in [0.1, 0.15) is 5.92 Å². The van der Waals surface area contributed by atoms with Gasteiger partial charge in [0.05, 0.1) is 11.6 Å². The van der Waals surface area contributed by atoms with Crippen LogP contribution in [0.15, 0.2) is 0 Å². The third kappa shape index (κ3) is 2.02. The topological polar surface area (TPSA) is 67.4 Å². The number of rotatable bonds is 1. The van der Waals surface area contributed by atoms with E-state index in [1.54, 1.807) is 6.92 Å². The fourth-order valence-corrected chi connectivity index (χ4v) is 0.740. The third-order valence-corrected chi connectivity index (χ3v) is 1.61. The van der Waals surface area contributed by atoms with Crippen molar-refractivity contribution in [1.82, 2.24) is 20.2 Å². The number of hydrogen-bond donors (Lipinski definition) is 0. The zero-order chi connectivity index (χ0) is 10.1. The van der Waals surface area contributed by atoms with Crippen molar-refractivity contribution < 1.29 is 0 Å². The molecule has 0 aromatic carbocycles. The first kappa shape index (κ1) is 9.65. The van der Waals surface area contributed by atoms with Gasteiger partial charge < -0.3 is 0 Å². The van der Waals surface area contributed by atoms with E-state index in [2.05, 4.69) is 21.5 Å². The van der Waals surface area contributed by atoms with Crippen molar-refractivity contribution in [3.05, 3.63) is 5.82 Å². The summed E-state index contributed by atoms with van der Waals surface area (Å²) in [5.74, 6) is 0.188. The maximum Gasteiger partial charge on any atom is 0.191 e. The molecule has 0 bridgehead atoms. The van der Waals surface area contributed by atoms with Gasteiger partial charge in [0.15, 0.2) is 5.82 Å². The molecule has 0 spiro atoms. The normalized spacial score (nSPS) is 13.8. The number of nitrogens with zero attached hydrogens (tertiary/aromatic N) is 5. The molecule has 1 aromatic heterocycles. The van der Waals surface area contributed by atoms with Crippen LogP contribution >= 0.6 is 0 Å². The van der Waals surface area contributed by atoms with E-state index in [0.717, 1.165) is 0 Å². The molecule has 0 amide bonds. The molecule has 1 aromatic rings. The molecule has 0 N–H and O–H groups in total. The molecule has 13 heavy (non-hydrogen) atoms. The Morgan fingerprint density at radius 2 is 2.08 bits per heavy atom. The quantitative estimate of drug-likeness (QED) is 0.646. The Morgan fingerprint density at radius 1 is 1.46 bits per heavy atom. The van der Waals surface area contributed by atoms with Gasteiger partial charge in [-0.25, -0.2) is 0 Å². The highest BCUT2D eigenvalue weighted by atomic mass is 15.6. The van der Waals surface area contributed by atoms with Crippen LogP contribution in [0.5, 0.6) is 0 Å². The molecule has 0 saturated carbocycles. The number of aromatic nitrogens is 4. The van der Waals surface area contributed by atoms with Gasteiger partial charge in [0, 0.05) is 0 Å². The Balaban J connectivity index is 2.95. The summed E-state index contributed by atoms with van der Waals surface area (Å²) >= 11 is 0. The van der Waals surface area contributed by atoms with Gasteiger partial charge in [0.2, 0.25) is 0 Å². The van der Waals surface area contributed by atoms with Gasteiger partial charge in [-0.3, -0.25) is 0 Å². The molecule has 0 aliphatic rings. The second-order valence-electron chi connectivity index (χ2n) is 3.96. The van der Waals surface area contributed by atoms with Crippen LogP contribution in [-0.4, -0.2) is 20.2 Å². The second kappa shape index (κ2) is 3.13. The summed E-state index contributed by atoms with van der Waals surface area (Å²) in [6, 6.07) is 2.07. The Morgan fingerprint density at radius 3 is 2.46 bits per heavy atom. The molecular weight excluding hydrogens is 166 g/mol. The Labute approximate surface area is 77.4 Å². The van der Waals surface area contributed by atoms with Gasteiger partial charge in [-0.15, -0.1) is 10.2 Å². The summed E-state index contributed by atoms with van der Waals surface area (Å²) in [6.07, 6.45) is 0. The molecule has 0 saturated heterocycles. The average Bonchev–Trinajstić information content (AvgIpc) is 2.50. The Bertz CT molecular complexity index is 327. The zero-order valence-corrected chi connectivity index (χ0v) is 8.31. The Kier molecular flexibility index (Phi) is 2.32. The minimum Gasteiger partial charge on any atom is -0.198 e. The molecule has 0 radical (unpaired) electrons. The van der Waals surface area contributed by atoms with Gasteiger partial charge in [-0.1, -0.05) is 0 Å². The molecule has 1 atom stereocenters. The minimum absolute atomic E-state index is 0.180. The molecule has 70 valence electrons. The highest BCUT2D eigenvalue weighted by molar-refractivity contribution is 5.02. The van der Waals surface area contributed by atoms with E-state index in [4.69, 9.17) is 5.26 Å². The maximum absolute atomic E-state index is 8.63. The van der Waals surface area contributed by atoms with E-state index in [1.807, 2.05) is 20.8 Å². The van der Waals surface area contributed by atoms with Crippen LogP contribution in [0, 0.1) is 11.3 Å². The van der Waals surface area contributed by atoms with Crippen molar-refractivity contribution in [3.8, 4) is 6.07 Å². The van der Waals surface area contributed by atoms with Crippen LogP contribution in [0.25, 0.3) is 0 Å². The smallest absolute Gasteiger partial charge is 0.191 e. The van der Waals surface area contributed by atoms with Crippen LogP contribution in [0.2, 0.25) is 0 Å². The van der Waals surface area contributed by atoms with Crippen molar-refractivity contribution in [2.45, 2.75) is 39.2 Å². The van der Waals surface area contributed by atoms with Gasteiger partial charge in [-0.2, -0.15) is 10.1 Å². The fraction of sp³-hybridized carbons (Fsp3) is 0.750. The number of tetrazole rings is 1. The van der Waals surface area contributed by atoms with Crippen molar-refractivity contribution in [2.24, 2.45) is 0 Å². The maximum atomic E-state index is 8.63. The molecule has 1 unspecified atom stereocenters. The van der Waals surface area contributed by atoms with E-state index in [9.17, 15) is 0 Å². The van der Waals surface area contributed by atoms with Crippen molar-refractivity contribution >= 4 is 0 Å². The van der Waals surface area contributed by atoms with Crippen molar-refractivity contribution in [1.29, 1.82) is 5.26 Å². The first-order chi connectivity index (χ1) is 5.95. The summed E-state index contributed by atoms with van der Waals surface area (Å²) < 4.78 is 0. The summed E-state index contributed by atoms with van der Waals surface area (Å²) in [5, 5.41) is 20.5. The van der Waals surface area contributed by atoms with E-state index in [0.29, 0.717) is 5.82 Å². The summed E-state index contributed by atoms with van der Waals surface area (Å²) in [4.78, 5) is 1.52. The monoisotopic (exact) mass is 179 g/mol. The second-order valence-corrected chi connectivity index (χ2v) is 3.96. The van der Waals surface area contributed by atoms with Crippen LogP contribution in [0.4, 0.5) is 0 Å². The molecular formula is C8H13N5. The minimum atomic E-state index is -0.295. The lowest BCUT2D eigenvalue weighted by atomic mass is 10.1. The van der Waals surface area contributed by atoms with Gasteiger partial charge in [0.25, 0.3) is 0 Å². The van der Waals surface area contributed by atoms with Gasteiger partial charge >= 0.3 is 0 Å².